The van der Waals surface area contributed by atoms with Crippen molar-refractivity contribution < 1.29 is 47.1 Å². The maximum atomic E-state index is 14.0. The van der Waals surface area contributed by atoms with Gasteiger partial charge in [-0.2, -0.15) is 0 Å². The highest BCUT2D eigenvalue weighted by atomic mass is 32.1. The summed E-state index contributed by atoms with van der Waals surface area (Å²) in [5, 5.41) is 6.65. The lowest BCUT2D eigenvalue weighted by atomic mass is 9.73. The number of anilines is 1. The smallest absolute Gasteiger partial charge is 0.227 e. The molecular formula is C48H59FN4O9S. The Hall–Kier alpha value is -5.03. The fraction of sp³-hybridized carbons (Fsp3) is 0.458. The minimum atomic E-state index is -0.246. The van der Waals surface area contributed by atoms with E-state index in [0.717, 1.165) is 69.5 Å². The number of carbonyl (C=O) groups excluding carboxylic acids is 2. The van der Waals surface area contributed by atoms with Crippen molar-refractivity contribution >= 4 is 40.2 Å². The Morgan fingerprint density at radius 2 is 1.41 bits per heavy atom. The van der Waals surface area contributed by atoms with Crippen LogP contribution in [0.3, 0.4) is 0 Å². The minimum Gasteiger partial charge on any atom is -0.491 e. The summed E-state index contributed by atoms with van der Waals surface area (Å²) >= 11 is 1.58. The van der Waals surface area contributed by atoms with Gasteiger partial charge in [0.15, 0.2) is 0 Å². The summed E-state index contributed by atoms with van der Waals surface area (Å²) in [5.74, 6) is 1.67. The van der Waals surface area contributed by atoms with Crippen LogP contribution in [0.15, 0.2) is 78.4 Å². The second-order valence-corrected chi connectivity index (χ2v) is 16.2. The van der Waals surface area contributed by atoms with Gasteiger partial charge in [0.1, 0.15) is 30.5 Å². The van der Waals surface area contributed by atoms with E-state index in [4.69, 9.17) is 33.2 Å². The van der Waals surface area contributed by atoms with Crippen molar-refractivity contribution in [3.05, 3.63) is 101 Å². The molecule has 5 aromatic rings. The van der Waals surface area contributed by atoms with Gasteiger partial charge in [0.2, 0.25) is 12.3 Å². The third-order valence-electron chi connectivity index (χ3n) is 11.1. The first kappa shape index (κ1) is 47.4. The summed E-state index contributed by atoms with van der Waals surface area (Å²) in [6.45, 7) is 9.54. The molecule has 338 valence electrons. The van der Waals surface area contributed by atoms with Crippen LogP contribution in [-0.4, -0.2) is 102 Å². The van der Waals surface area contributed by atoms with Gasteiger partial charge >= 0.3 is 0 Å². The molecule has 63 heavy (non-hydrogen) atoms. The number of nitrogens with one attached hydrogen (secondary N) is 2. The van der Waals surface area contributed by atoms with Crippen molar-refractivity contribution in [1.82, 2.24) is 15.3 Å². The van der Waals surface area contributed by atoms with E-state index < -0.39 is 0 Å². The Morgan fingerprint density at radius 1 is 0.778 bits per heavy atom. The number of rotatable bonds is 28. The third-order valence-corrected chi connectivity index (χ3v) is 12.1. The fourth-order valence-corrected chi connectivity index (χ4v) is 8.45. The normalized spacial score (nSPS) is 15.5. The maximum absolute atomic E-state index is 14.0. The maximum Gasteiger partial charge on any atom is 0.227 e. The summed E-state index contributed by atoms with van der Waals surface area (Å²) in [5.41, 5.74) is 7.39. The lowest BCUT2D eigenvalue weighted by molar-refractivity contribution is -0.121. The number of aryl methyl sites for hydroxylation is 1. The number of aromatic nitrogens is 2. The number of hydrogen-bond acceptors (Lipinski definition) is 12. The first-order valence-corrected chi connectivity index (χ1v) is 22.6. The Labute approximate surface area is 372 Å². The standard InChI is InChI=1S/C48H59FN4O9S/c1-34(36-3-5-37(6-4-36)43-15-16-51-45-14-9-40(49)30-44(43)45)48(55)53-41-10-12-42(13-11-41)61-27-25-59-23-21-57-19-17-56-18-20-58-22-24-60-26-28-62-46-29-38(47-35(2)52-33-63-47)7-8-39(46)31-50-32-54/h7-16,29-30,32-34,36-37H,3-6,17-28,31H2,1-2H3,(H,50,54)(H,53,55)/t34-,36-,37+/m1/s1. The molecule has 1 aliphatic carbocycles. The van der Waals surface area contributed by atoms with Crippen LogP contribution >= 0.6 is 11.3 Å². The van der Waals surface area contributed by atoms with E-state index >= 15 is 0 Å². The van der Waals surface area contributed by atoms with Crippen molar-refractivity contribution in [1.29, 1.82) is 0 Å². The first-order chi connectivity index (χ1) is 30.9. The Kier molecular flexibility index (Phi) is 19.5. The molecule has 1 saturated carbocycles. The minimum absolute atomic E-state index is 0.0137. The van der Waals surface area contributed by atoms with E-state index in [1.54, 1.807) is 29.7 Å². The number of hydrogen-bond donors (Lipinski definition) is 2. The zero-order valence-corrected chi connectivity index (χ0v) is 37.0. The van der Waals surface area contributed by atoms with Crippen LogP contribution in [0.25, 0.3) is 21.3 Å². The quantitative estimate of drug-likeness (QED) is 0.0371. The monoisotopic (exact) mass is 886 g/mol. The largest absolute Gasteiger partial charge is 0.491 e. The number of pyridine rings is 1. The van der Waals surface area contributed by atoms with E-state index in [9.17, 15) is 14.0 Å². The number of thiazole rings is 1. The van der Waals surface area contributed by atoms with Crippen LogP contribution in [0.4, 0.5) is 10.1 Å². The van der Waals surface area contributed by atoms with Crippen LogP contribution in [-0.2, 0) is 39.8 Å². The molecule has 6 rings (SSSR count). The number of amides is 2. The molecule has 1 atom stereocenters. The van der Waals surface area contributed by atoms with E-state index in [0.29, 0.717) is 116 Å². The molecule has 1 aliphatic rings. The van der Waals surface area contributed by atoms with Gasteiger partial charge in [-0.25, -0.2) is 9.37 Å². The first-order valence-electron chi connectivity index (χ1n) is 21.7. The SMILES string of the molecule is Cc1ncsc1-c1ccc(CNC=O)c(OCCOCCOCCOCCOCCOCCOc2ccc(NC(=O)[C@H](C)[C@H]3CC[C@@H](c4ccnc5ccc(F)cc54)CC3)cc2)c1. The second-order valence-electron chi connectivity index (χ2n) is 15.3. The van der Waals surface area contributed by atoms with Crippen LogP contribution in [0.5, 0.6) is 11.5 Å². The highest BCUT2D eigenvalue weighted by molar-refractivity contribution is 7.13. The molecular weight excluding hydrogens is 828 g/mol. The molecule has 0 unspecified atom stereocenters. The number of carbonyl (C=O) groups is 2. The van der Waals surface area contributed by atoms with E-state index in [2.05, 4.69) is 20.6 Å². The van der Waals surface area contributed by atoms with Gasteiger partial charge in [-0.15, -0.1) is 11.3 Å². The molecule has 0 spiro atoms. The Balaban J connectivity index is 0.722. The highest BCUT2D eigenvalue weighted by Crippen LogP contribution is 2.41. The van der Waals surface area contributed by atoms with E-state index in [1.807, 2.05) is 67.9 Å². The third kappa shape index (κ3) is 15.0. The van der Waals surface area contributed by atoms with Crippen molar-refractivity contribution in [3.8, 4) is 21.9 Å². The zero-order valence-electron chi connectivity index (χ0n) is 36.2. The van der Waals surface area contributed by atoms with Gasteiger partial charge in [0.05, 0.1) is 87.7 Å². The molecule has 1 fully saturated rings. The molecule has 15 heteroatoms. The molecule has 2 N–H and O–H groups in total. The molecule has 2 amide bonds. The topological polar surface area (TPSA) is 149 Å². The van der Waals surface area contributed by atoms with Crippen LogP contribution in [0.1, 0.15) is 55.3 Å². The number of benzene rings is 3. The van der Waals surface area contributed by atoms with Crippen molar-refractivity contribution in [3.63, 3.8) is 0 Å². The van der Waals surface area contributed by atoms with Gasteiger partial charge in [0, 0.05) is 35.3 Å². The van der Waals surface area contributed by atoms with Crippen LogP contribution in [0, 0.1) is 24.6 Å². The predicted octanol–water partition coefficient (Wildman–Crippen LogP) is 8.14. The van der Waals surface area contributed by atoms with Crippen molar-refractivity contribution in [2.45, 2.75) is 52.0 Å². The summed E-state index contributed by atoms with van der Waals surface area (Å²) < 4.78 is 53.8. The van der Waals surface area contributed by atoms with E-state index in [1.165, 1.54) is 6.07 Å². The lowest BCUT2D eigenvalue weighted by Gasteiger charge is -2.32. The molecule has 13 nitrogen and oxygen atoms in total. The van der Waals surface area contributed by atoms with Crippen LogP contribution < -0.4 is 20.1 Å². The fourth-order valence-electron chi connectivity index (χ4n) is 7.65. The van der Waals surface area contributed by atoms with Gasteiger partial charge in [0.25, 0.3) is 0 Å². The Morgan fingerprint density at radius 3 is 2.03 bits per heavy atom. The van der Waals surface area contributed by atoms with E-state index in [-0.39, 0.29) is 17.6 Å². The van der Waals surface area contributed by atoms with Gasteiger partial charge < -0.3 is 43.8 Å². The highest BCUT2D eigenvalue weighted by Gasteiger charge is 2.30. The van der Waals surface area contributed by atoms with Crippen molar-refractivity contribution in [2.24, 2.45) is 11.8 Å². The molecule has 0 aliphatic heterocycles. The molecule has 0 radical (unpaired) electrons. The molecule has 3 aromatic carbocycles. The summed E-state index contributed by atoms with van der Waals surface area (Å²) in [4.78, 5) is 33.8. The van der Waals surface area contributed by atoms with Crippen LogP contribution in [0.2, 0.25) is 0 Å². The lowest BCUT2D eigenvalue weighted by Crippen LogP contribution is -2.29. The number of fused-ring (bicyclic) bond motifs is 1. The average molecular weight is 887 g/mol. The summed E-state index contributed by atoms with van der Waals surface area (Å²) in [6, 6.07) is 20.1. The number of nitrogens with zero attached hydrogens (tertiary/aromatic N) is 2. The molecule has 2 aromatic heterocycles. The molecule has 0 saturated heterocycles. The Bertz CT molecular complexity index is 2150. The number of halogens is 1. The van der Waals surface area contributed by atoms with Crippen molar-refractivity contribution in [2.75, 3.05) is 84.6 Å². The molecule has 2 heterocycles. The average Bonchev–Trinajstić information content (AvgIpc) is 3.74. The molecule has 0 bridgehead atoms. The van der Waals surface area contributed by atoms with Gasteiger partial charge in [-0.3, -0.25) is 14.6 Å². The number of ether oxygens (including phenoxy) is 7. The summed E-state index contributed by atoms with van der Waals surface area (Å²) in [7, 11) is 0. The summed E-state index contributed by atoms with van der Waals surface area (Å²) in [6.07, 6.45) is 6.29. The second kappa shape index (κ2) is 25.9. The van der Waals surface area contributed by atoms with Gasteiger partial charge in [-0.05, 0) is 110 Å². The van der Waals surface area contributed by atoms with Gasteiger partial charge in [-0.1, -0.05) is 19.1 Å². The predicted molar refractivity (Wildman–Crippen MR) is 241 cm³/mol. The zero-order chi connectivity index (χ0) is 44.1.